The van der Waals surface area contributed by atoms with E-state index >= 15 is 4.39 Å². The number of halogens is 1. The van der Waals surface area contributed by atoms with Gasteiger partial charge in [-0.2, -0.15) is 0 Å². The highest BCUT2D eigenvalue weighted by Gasteiger charge is 2.21. The summed E-state index contributed by atoms with van der Waals surface area (Å²) in [5.41, 5.74) is 8.71. The number of hydrogen-bond donors (Lipinski definition) is 2. The van der Waals surface area contributed by atoms with Crippen LogP contribution in [0, 0.1) is 5.82 Å². The van der Waals surface area contributed by atoms with Gasteiger partial charge < -0.3 is 20.4 Å². The molecule has 33 heavy (non-hydrogen) atoms. The van der Waals surface area contributed by atoms with E-state index in [1.807, 2.05) is 48.5 Å². The monoisotopic (exact) mass is 443 g/mol. The zero-order valence-corrected chi connectivity index (χ0v) is 17.8. The van der Waals surface area contributed by atoms with Gasteiger partial charge in [0.05, 0.1) is 24.3 Å². The van der Waals surface area contributed by atoms with E-state index in [9.17, 15) is 9.59 Å². The van der Waals surface area contributed by atoms with Crippen LogP contribution in [0.25, 0.3) is 39.0 Å². The molecule has 2 amide bonds. The largest absolute Gasteiger partial charge is 0.378 e. The molecule has 7 heteroatoms. The highest BCUT2D eigenvalue weighted by atomic mass is 19.1. The van der Waals surface area contributed by atoms with Crippen LogP contribution < -0.4 is 5.73 Å². The first-order valence-electron chi connectivity index (χ1n) is 10.7. The third-order valence-electron chi connectivity index (χ3n) is 5.92. The van der Waals surface area contributed by atoms with Gasteiger partial charge in [0.15, 0.2) is 0 Å². The average Bonchev–Trinajstić information content (AvgIpc) is 3.22. The number of aromatic amines is 1. The summed E-state index contributed by atoms with van der Waals surface area (Å²) in [6, 6.07) is 16.0. The molecule has 0 aliphatic carbocycles. The molecular weight excluding hydrogens is 421 g/mol. The Morgan fingerprint density at radius 1 is 1.06 bits per heavy atom. The number of nitrogens with two attached hydrogens (primary N) is 1. The normalized spacial score (nSPS) is 14.4. The van der Waals surface area contributed by atoms with E-state index in [1.54, 1.807) is 11.0 Å². The van der Waals surface area contributed by atoms with Crippen molar-refractivity contribution >= 4 is 39.7 Å². The summed E-state index contributed by atoms with van der Waals surface area (Å²) in [7, 11) is 0. The van der Waals surface area contributed by atoms with E-state index in [-0.39, 0.29) is 11.5 Å². The number of carbonyl (C=O) groups excluding carboxylic acids is 2. The van der Waals surface area contributed by atoms with E-state index < -0.39 is 11.7 Å². The molecular formula is C26H22FN3O3. The van der Waals surface area contributed by atoms with Gasteiger partial charge in [0, 0.05) is 41.0 Å². The number of fused-ring (bicyclic) bond motifs is 3. The highest BCUT2D eigenvalue weighted by molar-refractivity contribution is 6.20. The zero-order chi connectivity index (χ0) is 22.9. The van der Waals surface area contributed by atoms with Gasteiger partial charge in [-0.3, -0.25) is 9.59 Å². The average molecular weight is 443 g/mol. The maximum absolute atomic E-state index is 15.4. The first-order valence-corrected chi connectivity index (χ1v) is 10.7. The molecule has 0 radical (unpaired) electrons. The summed E-state index contributed by atoms with van der Waals surface area (Å²) < 4.78 is 20.7. The van der Waals surface area contributed by atoms with Gasteiger partial charge in [0.25, 0.3) is 5.91 Å². The maximum atomic E-state index is 15.4. The lowest BCUT2D eigenvalue weighted by Crippen LogP contribution is -2.39. The van der Waals surface area contributed by atoms with Crippen LogP contribution in [0.2, 0.25) is 0 Å². The standard InChI is InChI=1S/C26H22FN3O3/c27-20-15-19(26(28)32)25-24(18-6-1-2-7-21(18)29-25)23(20)17-5-3-4-16(14-17)8-9-22(31)30-10-12-33-13-11-30/h1-9,14-15,29H,10-13H2,(H2,28,32). The highest BCUT2D eigenvalue weighted by Crippen LogP contribution is 2.38. The fourth-order valence-corrected chi connectivity index (χ4v) is 4.33. The third-order valence-corrected chi connectivity index (χ3v) is 5.92. The Hall–Kier alpha value is -3.97. The Bertz CT molecular complexity index is 1420. The molecule has 0 saturated carbocycles. The molecule has 4 aromatic rings. The van der Waals surface area contributed by atoms with Crippen molar-refractivity contribution in [3.8, 4) is 11.1 Å². The number of amides is 2. The van der Waals surface area contributed by atoms with Crippen LogP contribution in [0.15, 0.2) is 60.7 Å². The molecule has 1 saturated heterocycles. The number of primary amides is 1. The fourth-order valence-electron chi connectivity index (χ4n) is 4.33. The van der Waals surface area contributed by atoms with E-state index in [0.29, 0.717) is 48.3 Å². The predicted octanol–water partition coefficient (Wildman–Crippen LogP) is 4.10. The Kier molecular flexibility index (Phi) is 5.40. The lowest BCUT2D eigenvalue weighted by molar-refractivity contribution is -0.129. The van der Waals surface area contributed by atoms with Crippen LogP contribution in [0.5, 0.6) is 0 Å². The second-order valence-corrected chi connectivity index (χ2v) is 7.96. The van der Waals surface area contributed by atoms with Crippen molar-refractivity contribution in [2.75, 3.05) is 26.3 Å². The molecule has 5 rings (SSSR count). The number of rotatable bonds is 4. The van der Waals surface area contributed by atoms with Crippen LogP contribution in [0.3, 0.4) is 0 Å². The Balaban J connectivity index is 1.61. The van der Waals surface area contributed by atoms with Crippen LogP contribution in [-0.2, 0) is 9.53 Å². The number of benzene rings is 3. The summed E-state index contributed by atoms with van der Waals surface area (Å²) >= 11 is 0. The summed E-state index contributed by atoms with van der Waals surface area (Å²) in [6.45, 7) is 2.21. The van der Waals surface area contributed by atoms with Gasteiger partial charge in [-0.25, -0.2) is 4.39 Å². The number of para-hydroxylation sites is 1. The predicted molar refractivity (Wildman–Crippen MR) is 126 cm³/mol. The third kappa shape index (κ3) is 3.87. The SMILES string of the molecule is NC(=O)c1cc(F)c(-c2cccc(C=CC(=O)N3CCOCC3)c2)c2c1[nH]c1ccccc12. The van der Waals surface area contributed by atoms with E-state index in [0.717, 1.165) is 16.5 Å². The van der Waals surface area contributed by atoms with Crippen molar-refractivity contribution < 1.29 is 18.7 Å². The molecule has 0 bridgehead atoms. The molecule has 3 aromatic carbocycles. The first kappa shape index (κ1) is 20.9. The molecule has 1 aliphatic heterocycles. The van der Waals surface area contributed by atoms with E-state index in [1.165, 1.54) is 12.1 Å². The number of morpholine rings is 1. The Morgan fingerprint density at radius 2 is 1.85 bits per heavy atom. The number of aromatic nitrogens is 1. The molecule has 0 atom stereocenters. The van der Waals surface area contributed by atoms with Gasteiger partial charge in [-0.1, -0.05) is 36.4 Å². The Morgan fingerprint density at radius 3 is 2.64 bits per heavy atom. The minimum Gasteiger partial charge on any atom is -0.378 e. The summed E-state index contributed by atoms with van der Waals surface area (Å²) in [5.74, 6) is -1.32. The van der Waals surface area contributed by atoms with E-state index in [2.05, 4.69) is 4.98 Å². The number of carbonyl (C=O) groups is 2. The van der Waals surface area contributed by atoms with Crippen molar-refractivity contribution in [1.82, 2.24) is 9.88 Å². The van der Waals surface area contributed by atoms with Gasteiger partial charge in [0.2, 0.25) is 5.91 Å². The van der Waals surface area contributed by atoms with Crippen molar-refractivity contribution in [2.45, 2.75) is 0 Å². The van der Waals surface area contributed by atoms with Crippen LogP contribution in [0.1, 0.15) is 15.9 Å². The number of H-pyrrole nitrogens is 1. The molecule has 2 heterocycles. The van der Waals surface area contributed by atoms with Gasteiger partial charge in [-0.15, -0.1) is 0 Å². The van der Waals surface area contributed by atoms with Gasteiger partial charge in [0.1, 0.15) is 5.82 Å². The van der Waals surface area contributed by atoms with Crippen LogP contribution in [-0.4, -0.2) is 48.0 Å². The van der Waals surface area contributed by atoms with Crippen LogP contribution in [0.4, 0.5) is 4.39 Å². The Labute approximate surface area is 189 Å². The lowest BCUT2D eigenvalue weighted by atomic mass is 9.95. The number of nitrogens with zero attached hydrogens (tertiary/aromatic N) is 1. The molecule has 1 fully saturated rings. The summed E-state index contributed by atoms with van der Waals surface area (Å²) in [5, 5.41) is 1.40. The summed E-state index contributed by atoms with van der Waals surface area (Å²) in [6.07, 6.45) is 3.25. The number of ether oxygens (including phenoxy) is 1. The lowest BCUT2D eigenvalue weighted by Gasteiger charge is -2.25. The smallest absolute Gasteiger partial charge is 0.250 e. The molecule has 0 spiro atoms. The first-order chi connectivity index (χ1) is 16.0. The van der Waals surface area contributed by atoms with Crippen LogP contribution >= 0.6 is 0 Å². The molecule has 3 N–H and O–H groups in total. The number of hydrogen-bond acceptors (Lipinski definition) is 3. The van der Waals surface area contributed by atoms with Crippen molar-refractivity contribution in [1.29, 1.82) is 0 Å². The van der Waals surface area contributed by atoms with E-state index in [4.69, 9.17) is 10.5 Å². The quantitative estimate of drug-likeness (QED) is 0.466. The van der Waals surface area contributed by atoms with Gasteiger partial charge in [-0.05, 0) is 35.4 Å². The molecule has 166 valence electrons. The molecule has 0 unspecified atom stereocenters. The number of nitrogens with one attached hydrogen (secondary N) is 1. The van der Waals surface area contributed by atoms with Gasteiger partial charge >= 0.3 is 0 Å². The summed E-state index contributed by atoms with van der Waals surface area (Å²) in [4.78, 5) is 29.4. The van der Waals surface area contributed by atoms with Crippen molar-refractivity contribution in [3.63, 3.8) is 0 Å². The fraction of sp³-hybridized carbons (Fsp3) is 0.154. The molecule has 1 aliphatic rings. The maximum Gasteiger partial charge on any atom is 0.250 e. The second-order valence-electron chi connectivity index (χ2n) is 7.96. The zero-order valence-electron chi connectivity index (χ0n) is 17.8. The minimum atomic E-state index is -0.699. The van der Waals surface area contributed by atoms with Crippen molar-refractivity contribution in [3.05, 3.63) is 77.6 Å². The minimum absolute atomic E-state index is 0.0836. The molecule has 1 aromatic heterocycles. The molecule has 6 nitrogen and oxygen atoms in total. The second kappa shape index (κ2) is 8.52. The topological polar surface area (TPSA) is 88.4 Å². The van der Waals surface area contributed by atoms with Crippen molar-refractivity contribution in [2.24, 2.45) is 5.73 Å².